The summed E-state index contributed by atoms with van der Waals surface area (Å²) >= 11 is 1.43. The van der Waals surface area contributed by atoms with Crippen molar-refractivity contribution < 1.29 is 7.86 Å². The Morgan fingerprint density at radius 2 is 2.25 bits per heavy atom. The van der Waals surface area contributed by atoms with E-state index in [0.717, 1.165) is 0 Å². The average molecular weight is 171 g/mol. The number of hydrogen-bond donors (Lipinski definition) is 0. The van der Waals surface area contributed by atoms with Gasteiger partial charge in [-0.1, -0.05) is 0 Å². The first-order valence-electron chi connectivity index (χ1n) is 0.563. The Balaban J connectivity index is 2.30. The fourth-order valence-corrected chi connectivity index (χ4v) is 0. The predicted molar refractivity (Wildman–Crippen MR) is 20.8 cm³/mol. The van der Waals surface area contributed by atoms with Gasteiger partial charge in [-0.15, -0.1) is 0 Å². The van der Waals surface area contributed by atoms with Crippen LogP contribution in [-0.2, 0) is 7.86 Å². The molecule has 0 aromatic rings. The molecular weight excluding hydrogens is 171 g/mol. The minimum atomic E-state index is 1.17. The number of rotatable bonds is 1. The van der Waals surface area contributed by atoms with Gasteiger partial charge in [0.05, 0.1) is 0 Å². The number of hydrogen-bond acceptors (Lipinski definition) is 2. The monoisotopic (exact) mass is 171 g/mol. The molecule has 0 heterocycles. The van der Waals surface area contributed by atoms with Crippen LogP contribution in [0.25, 0.3) is 0 Å². The zero-order chi connectivity index (χ0) is 3.41. The molecule has 0 spiro atoms. The summed E-state index contributed by atoms with van der Waals surface area (Å²) < 4.78 is 3.71. The predicted octanol–water partition coefficient (Wildman–Crippen LogP) is 0.420. The summed E-state index contributed by atoms with van der Waals surface area (Å²) in [5.41, 5.74) is 0. The average Bonchev–Trinajstić information content (AvgIpc) is 1.37. The molecule has 0 fully saturated rings. The van der Waals surface area contributed by atoms with Crippen molar-refractivity contribution in [2.75, 3.05) is 0 Å². The van der Waals surface area contributed by atoms with Crippen molar-refractivity contribution in [3.63, 3.8) is 0 Å². The minimum Gasteiger partial charge on any atom is -0.386 e. The highest BCUT2D eigenvalue weighted by molar-refractivity contribution is 14.1. The Morgan fingerprint density at radius 1 is 2.00 bits per heavy atom. The van der Waals surface area contributed by atoms with Gasteiger partial charge in [0.1, 0.15) is 0 Å². The van der Waals surface area contributed by atoms with Crippen molar-refractivity contribution in [2.24, 2.45) is 0 Å². The van der Waals surface area contributed by atoms with Gasteiger partial charge in [0.25, 0.3) is 0 Å². The van der Waals surface area contributed by atoms with Gasteiger partial charge >= 0.3 is 6.47 Å². The van der Waals surface area contributed by atoms with Crippen LogP contribution in [0.1, 0.15) is 0 Å². The third-order valence-corrected chi connectivity index (χ3v) is 0.211. The third kappa shape index (κ3) is 2.20. The van der Waals surface area contributed by atoms with E-state index < -0.39 is 0 Å². The summed E-state index contributed by atoms with van der Waals surface area (Å²) in [5, 5.41) is 0. The van der Waals surface area contributed by atoms with Crippen molar-refractivity contribution in [3.8, 4) is 0 Å². The Bertz CT molecular complexity index is 20.0. The van der Waals surface area contributed by atoms with E-state index in [0.29, 0.717) is 0 Å². The first-order valence-corrected chi connectivity index (χ1v) is 1.44. The number of carbonyl (C=O) groups excluding carboxylic acids is 1. The van der Waals surface area contributed by atoms with Gasteiger partial charge < -0.3 is 3.07 Å². The standard InChI is InChI=1S/CIO2/c2-4-1-3. The van der Waals surface area contributed by atoms with E-state index in [1.807, 2.05) is 0 Å². The van der Waals surface area contributed by atoms with Gasteiger partial charge in [0.15, 0.2) is 23.0 Å². The topological polar surface area (TPSA) is 26.3 Å². The summed E-state index contributed by atoms with van der Waals surface area (Å²) in [4.78, 5) is 8.82. The van der Waals surface area contributed by atoms with Crippen LogP contribution < -0.4 is 0 Å². The lowest BCUT2D eigenvalue weighted by atomic mass is 11.7. The van der Waals surface area contributed by atoms with Crippen molar-refractivity contribution in [1.29, 1.82) is 0 Å². The molecule has 0 rings (SSSR count). The Morgan fingerprint density at radius 3 is 2.25 bits per heavy atom. The van der Waals surface area contributed by atoms with Gasteiger partial charge in [-0.3, -0.25) is 0 Å². The van der Waals surface area contributed by atoms with Crippen LogP contribution in [0.15, 0.2) is 0 Å². The summed E-state index contributed by atoms with van der Waals surface area (Å²) in [7, 11) is 0. The smallest absolute Gasteiger partial charge is 0.386 e. The SMILES string of the molecule is O=[C]OI. The van der Waals surface area contributed by atoms with Crippen LogP contribution in [0, 0.1) is 0 Å². The lowest BCUT2D eigenvalue weighted by Gasteiger charge is -1.57. The zero-order valence-electron chi connectivity index (χ0n) is 1.69. The summed E-state index contributed by atoms with van der Waals surface area (Å²) in [6, 6.07) is 0. The summed E-state index contributed by atoms with van der Waals surface area (Å²) in [6.07, 6.45) is 0. The Hall–Kier alpha value is 0.200. The van der Waals surface area contributed by atoms with E-state index in [2.05, 4.69) is 3.07 Å². The van der Waals surface area contributed by atoms with E-state index in [1.54, 1.807) is 0 Å². The van der Waals surface area contributed by atoms with Crippen LogP contribution in [0.4, 0.5) is 0 Å². The maximum atomic E-state index is 8.82. The van der Waals surface area contributed by atoms with Gasteiger partial charge in [0, 0.05) is 0 Å². The van der Waals surface area contributed by atoms with Gasteiger partial charge in [0.2, 0.25) is 0 Å². The molecule has 0 atom stereocenters. The van der Waals surface area contributed by atoms with E-state index in [4.69, 9.17) is 4.79 Å². The van der Waals surface area contributed by atoms with Gasteiger partial charge in [-0.25, -0.2) is 4.79 Å². The third-order valence-electron chi connectivity index (χ3n) is 0.0315. The van der Waals surface area contributed by atoms with Crippen LogP contribution in [-0.4, -0.2) is 6.47 Å². The van der Waals surface area contributed by atoms with Crippen molar-refractivity contribution in [3.05, 3.63) is 0 Å². The molecule has 0 amide bonds. The second kappa shape index (κ2) is 3.20. The molecule has 1 radical (unpaired) electrons. The molecule has 0 bridgehead atoms. The highest BCUT2D eigenvalue weighted by Gasteiger charge is 1.55. The molecule has 0 aromatic heterocycles. The molecule has 0 unspecified atom stereocenters. The normalized spacial score (nSPS) is 5.25. The maximum Gasteiger partial charge on any atom is 0.427 e. The van der Waals surface area contributed by atoms with Crippen LogP contribution in [0.2, 0.25) is 0 Å². The lowest BCUT2D eigenvalue weighted by Crippen LogP contribution is -1.55. The van der Waals surface area contributed by atoms with E-state index in [-0.39, 0.29) is 0 Å². The molecule has 0 aliphatic carbocycles. The highest BCUT2D eigenvalue weighted by Crippen LogP contribution is 1.72. The van der Waals surface area contributed by atoms with Crippen LogP contribution in [0.5, 0.6) is 0 Å². The molecule has 0 saturated heterocycles. The second-order valence-electron chi connectivity index (χ2n) is 0.160. The van der Waals surface area contributed by atoms with Crippen molar-refractivity contribution in [2.45, 2.75) is 0 Å². The van der Waals surface area contributed by atoms with Gasteiger partial charge in [-0.2, -0.15) is 0 Å². The molecule has 0 aliphatic heterocycles. The fourth-order valence-electron chi connectivity index (χ4n) is 0. The Kier molecular flexibility index (Phi) is 3.36. The lowest BCUT2D eigenvalue weighted by molar-refractivity contribution is 0.494. The molecule has 0 saturated carbocycles. The molecule has 0 aliphatic rings. The van der Waals surface area contributed by atoms with Crippen LogP contribution >= 0.6 is 23.0 Å². The van der Waals surface area contributed by atoms with Crippen molar-refractivity contribution >= 4 is 29.5 Å². The maximum absolute atomic E-state index is 8.82. The van der Waals surface area contributed by atoms with E-state index >= 15 is 0 Å². The molecule has 0 N–H and O–H groups in total. The molecule has 23 valence electrons. The van der Waals surface area contributed by atoms with Gasteiger partial charge in [-0.05, 0) is 0 Å². The van der Waals surface area contributed by atoms with E-state index in [1.165, 1.54) is 29.5 Å². The first kappa shape index (κ1) is 4.20. The summed E-state index contributed by atoms with van der Waals surface area (Å²) in [6.45, 7) is 1.17. The fraction of sp³-hybridized carbons (Fsp3) is 0. The molecule has 0 aromatic carbocycles. The highest BCUT2D eigenvalue weighted by atomic mass is 127. The van der Waals surface area contributed by atoms with Crippen molar-refractivity contribution in [1.82, 2.24) is 0 Å². The molecule has 2 nitrogen and oxygen atoms in total. The van der Waals surface area contributed by atoms with Crippen LogP contribution in [0.3, 0.4) is 0 Å². The number of halogens is 1. The largest absolute Gasteiger partial charge is 0.427 e. The second-order valence-corrected chi connectivity index (χ2v) is 0.601. The Labute approximate surface area is 37.8 Å². The zero-order valence-corrected chi connectivity index (χ0v) is 3.85. The summed E-state index contributed by atoms with van der Waals surface area (Å²) in [5.74, 6) is 0. The van der Waals surface area contributed by atoms with E-state index in [9.17, 15) is 0 Å². The molecule has 4 heavy (non-hydrogen) atoms. The quantitative estimate of drug-likeness (QED) is 0.534. The minimum absolute atomic E-state index is 1.17. The molecule has 3 heteroatoms. The molecular formula is CIO2. The first-order chi connectivity index (χ1) is 1.91.